The molecule has 4 nitrogen and oxygen atoms in total. The minimum Gasteiger partial charge on any atom is -0.399 e. The molecule has 1 aromatic rings. The van der Waals surface area contributed by atoms with Crippen molar-refractivity contribution in [2.45, 2.75) is 13.1 Å². The lowest BCUT2D eigenvalue weighted by atomic mass is 10.1. The number of hydrogen-bond donors (Lipinski definition) is 2. The Balaban J connectivity index is 2.56. The Kier molecular flexibility index (Phi) is 3.95. The molecule has 1 rings (SSSR count). The van der Waals surface area contributed by atoms with Gasteiger partial charge >= 0.3 is 6.18 Å². The second-order valence-electron chi connectivity index (χ2n) is 3.41. The second-order valence-corrected chi connectivity index (χ2v) is 3.41. The largest absolute Gasteiger partial charge is 0.414 e. The molecule has 0 heterocycles. The number of nitrogen functional groups attached to an aromatic ring is 1. The first-order valence-electron chi connectivity index (χ1n) is 4.64. The number of rotatable bonds is 3. The molecule has 1 aromatic carbocycles. The van der Waals surface area contributed by atoms with Crippen LogP contribution in [-0.4, -0.2) is 18.7 Å². The Labute approximate surface area is 95.5 Å². The van der Waals surface area contributed by atoms with Gasteiger partial charge in [-0.25, -0.2) is 5.48 Å². The predicted molar refractivity (Wildman–Crippen MR) is 55.1 cm³/mol. The number of benzene rings is 1. The number of nitrogens with two attached hydrogens (primary N) is 1. The molecule has 0 aliphatic rings. The summed E-state index contributed by atoms with van der Waals surface area (Å²) in [4.78, 5) is 15.4. The summed E-state index contributed by atoms with van der Waals surface area (Å²) in [5.41, 5.74) is 8.57. The topological polar surface area (TPSA) is 64.3 Å². The zero-order valence-corrected chi connectivity index (χ0v) is 8.97. The van der Waals surface area contributed by atoms with Crippen LogP contribution in [0.3, 0.4) is 0 Å². The number of alkyl halides is 3. The summed E-state index contributed by atoms with van der Waals surface area (Å²) in [6.07, 6.45) is -4.48. The van der Waals surface area contributed by atoms with Gasteiger partial charge in [-0.1, -0.05) is 0 Å². The molecule has 1 amide bonds. The summed E-state index contributed by atoms with van der Waals surface area (Å²) < 4.78 is 35.2. The van der Waals surface area contributed by atoms with E-state index in [2.05, 4.69) is 4.84 Å². The lowest BCUT2D eigenvalue weighted by Crippen LogP contribution is -2.29. The number of anilines is 1. The van der Waals surface area contributed by atoms with Gasteiger partial charge in [-0.3, -0.25) is 9.63 Å². The van der Waals surface area contributed by atoms with Crippen molar-refractivity contribution in [3.8, 4) is 0 Å². The number of carbonyl (C=O) groups excluding carboxylic acids is 1. The van der Waals surface area contributed by atoms with Gasteiger partial charge in [0.25, 0.3) is 5.91 Å². The fourth-order valence-electron chi connectivity index (χ4n) is 1.06. The minimum absolute atomic E-state index is 0.180. The van der Waals surface area contributed by atoms with Crippen molar-refractivity contribution in [1.82, 2.24) is 5.48 Å². The second kappa shape index (κ2) is 5.05. The highest BCUT2D eigenvalue weighted by molar-refractivity contribution is 5.94. The number of carbonyl (C=O) groups is 1. The van der Waals surface area contributed by atoms with Crippen LogP contribution in [0.1, 0.15) is 15.9 Å². The first-order valence-corrected chi connectivity index (χ1v) is 4.64. The molecule has 0 radical (unpaired) electrons. The van der Waals surface area contributed by atoms with Gasteiger partial charge in [0.1, 0.15) is 0 Å². The first kappa shape index (κ1) is 13.3. The van der Waals surface area contributed by atoms with Gasteiger partial charge in [-0.05, 0) is 30.7 Å². The molecular weight excluding hydrogens is 237 g/mol. The summed E-state index contributed by atoms with van der Waals surface area (Å²) in [5.74, 6) is -0.752. The molecule has 0 aromatic heterocycles. The summed E-state index contributed by atoms with van der Waals surface area (Å²) in [6.45, 7) is 0.148. The highest BCUT2D eigenvalue weighted by atomic mass is 19.4. The van der Waals surface area contributed by atoms with Crippen LogP contribution in [0.4, 0.5) is 18.9 Å². The zero-order valence-electron chi connectivity index (χ0n) is 8.97. The van der Waals surface area contributed by atoms with Crippen molar-refractivity contribution >= 4 is 11.6 Å². The quantitative estimate of drug-likeness (QED) is 0.633. The highest BCUT2D eigenvalue weighted by Gasteiger charge is 2.28. The first-order chi connectivity index (χ1) is 7.79. The zero-order chi connectivity index (χ0) is 13.1. The van der Waals surface area contributed by atoms with Crippen molar-refractivity contribution in [2.75, 3.05) is 12.3 Å². The predicted octanol–water partition coefficient (Wildman–Crippen LogP) is 1.80. The maximum absolute atomic E-state index is 11.7. The molecule has 0 unspecified atom stereocenters. The molecule has 0 aliphatic heterocycles. The maximum atomic E-state index is 11.7. The lowest BCUT2D eigenvalue weighted by Gasteiger charge is -2.09. The summed E-state index contributed by atoms with van der Waals surface area (Å²) >= 11 is 0. The molecule has 7 heteroatoms. The molecule has 0 bridgehead atoms. The number of hydrogen-bond acceptors (Lipinski definition) is 3. The van der Waals surface area contributed by atoms with E-state index in [-0.39, 0.29) is 5.56 Å². The Bertz CT molecular complexity index is 419. The third kappa shape index (κ3) is 4.31. The molecule has 3 N–H and O–H groups in total. The molecule has 0 spiro atoms. The Morgan fingerprint density at radius 3 is 2.65 bits per heavy atom. The minimum atomic E-state index is -4.48. The van der Waals surface area contributed by atoms with Crippen molar-refractivity contribution in [3.05, 3.63) is 29.3 Å². The molecule has 17 heavy (non-hydrogen) atoms. The van der Waals surface area contributed by atoms with Crippen molar-refractivity contribution in [1.29, 1.82) is 0 Å². The normalized spacial score (nSPS) is 11.3. The summed E-state index contributed by atoms with van der Waals surface area (Å²) in [5, 5.41) is 0. The lowest BCUT2D eigenvalue weighted by molar-refractivity contribution is -0.184. The van der Waals surface area contributed by atoms with Gasteiger partial charge in [0.2, 0.25) is 0 Å². The van der Waals surface area contributed by atoms with Crippen molar-refractivity contribution in [2.24, 2.45) is 0 Å². The van der Waals surface area contributed by atoms with E-state index in [0.29, 0.717) is 11.3 Å². The summed E-state index contributed by atoms with van der Waals surface area (Å²) in [7, 11) is 0. The van der Waals surface area contributed by atoms with Gasteiger partial charge in [0, 0.05) is 11.3 Å². The molecular formula is C10H11F3N2O2. The maximum Gasteiger partial charge on any atom is 0.414 e. The highest BCUT2D eigenvalue weighted by Crippen LogP contribution is 2.14. The molecule has 0 fully saturated rings. The van der Waals surface area contributed by atoms with E-state index < -0.39 is 18.7 Å². The summed E-state index contributed by atoms with van der Waals surface area (Å²) in [6, 6.07) is 4.35. The van der Waals surface area contributed by atoms with E-state index in [1.54, 1.807) is 12.4 Å². The van der Waals surface area contributed by atoms with Crippen LogP contribution in [0.2, 0.25) is 0 Å². The van der Waals surface area contributed by atoms with Gasteiger partial charge in [-0.2, -0.15) is 13.2 Å². The fraction of sp³-hybridized carbons (Fsp3) is 0.300. The van der Waals surface area contributed by atoms with Crippen LogP contribution in [0.15, 0.2) is 18.2 Å². The van der Waals surface area contributed by atoms with Gasteiger partial charge in [0.05, 0.1) is 0 Å². The van der Waals surface area contributed by atoms with E-state index in [1.165, 1.54) is 18.2 Å². The fourth-order valence-corrected chi connectivity index (χ4v) is 1.06. The molecule has 0 saturated carbocycles. The SMILES string of the molecule is Cc1cc(C(=O)NOCC(F)(F)F)ccc1N. The number of amides is 1. The number of hydroxylamine groups is 1. The number of nitrogens with one attached hydrogen (secondary N) is 1. The van der Waals surface area contributed by atoms with E-state index >= 15 is 0 Å². The van der Waals surface area contributed by atoms with E-state index in [0.717, 1.165) is 0 Å². The smallest absolute Gasteiger partial charge is 0.399 e. The third-order valence-corrected chi connectivity index (χ3v) is 1.93. The Morgan fingerprint density at radius 2 is 2.12 bits per heavy atom. The van der Waals surface area contributed by atoms with E-state index in [4.69, 9.17) is 5.73 Å². The molecule has 0 atom stereocenters. The van der Waals surface area contributed by atoms with E-state index in [1.807, 2.05) is 0 Å². The standard InChI is InChI=1S/C10H11F3N2O2/c1-6-4-7(2-3-8(6)14)9(16)15-17-5-10(11,12)13/h2-4H,5,14H2,1H3,(H,15,16). The van der Waals surface area contributed by atoms with Gasteiger partial charge < -0.3 is 5.73 Å². The number of halogens is 3. The van der Waals surface area contributed by atoms with Crippen LogP contribution in [-0.2, 0) is 4.84 Å². The van der Waals surface area contributed by atoms with Crippen LogP contribution in [0, 0.1) is 6.92 Å². The number of aryl methyl sites for hydroxylation is 1. The molecule has 0 saturated heterocycles. The van der Waals surface area contributed by atoms with Gasteiger partial charge in [-0.15, -0.1) is 0 Å². The van der Waals surface area contributed by atoms with Crippen molar-refractivity contribution < 1.29 is 22.8 Å². The Hall–Kier alpha value is -1.76. The molecule has 94 valence electrons. The van der Waals surface area contributed by atoms with Crippen LogP contribution >= 0.6 is 0 Å². The van der Waals surface area contributed by atoms with Crippen LogP contribution < -0.4 is 11.2 Å². The monoisotopic (exact) mass is 248 g/mol. The van der Waals surface area contributed by atoms with E-state index in [9.17, 15) is 18.0 Å². The third-order valence-electron chi connectivity index (χ3n) is 1.93. The average Bonchev–Trinajstić information content (AvgIpc) is 2.20. The van der Waals surface area contributed by atoms with Crippen LogP contribution in [0.5, 0.6) is 0 Å². The Morgan fingerprint density at radius 1 is 1.47 bits per heavy atom. The average molecular weight is 248 g/mol. The van der Waals surface area contributed by atoms with Gasteiger partial charge in [0.15, 0.2) is 6.61 Å². The molecule has 0 aliphatic carbocycles. The van der Waals surface area contributed by atoms with Crippen molar-refractivity contribution in [3.63, 3.8) is 0 Å². The van der Waals surface area contributed by atoms with Crippen LogP contribution in [0.25, 0.3) is 0 Å².